The molecule has 1 amide bonds. The summed E-state index contributed by atoms with van der Waals surface area (Å²) < 4.78 is 63.5. The van der Waals surface area contributed by atoms with Crippen molar-refractivity contribution in [3.63, 3.8) is 0 Å². The van der Waals surface area contributed by atoms with Crippen LogP contribution in [-0.2, 0) is 65.0 Å². The summed E-state index contributed by atoms with van der Waals surface area (Å²) in [6.07, 6.45) is 1.90. The third-order valence-electron chi connectivity index (χ3n) is 9.39. The summed E-state index contributed by atoms with van der Waals surface area (Å²) in [4.78, 5) is 44.6. The van der Waals surface area contributed by atoms with Gasteiger partial charge >= 0.3 is 12.1 Å². The van der Waals surface area contributed by atoms with Gasteiger partial charge in [-0.3, -0.25) is 14.5 Å². The molecule has 4 heterocycles. The number of ether oxygens (including phenoxy) is 2. The zero-order valence-corrected chi connectivity index (χ0v) is 37.3. The SMILES string of the molecule is C.CC(=O)Cl.CC(=O)OCc1cc2nc3n(c2cc1S(C)(=O)=O)CCN[C@@H]3C(C)C.CC(C)[C@@H]1c2nc3cc(CO)c(S(C)(=O)=O)cc3n2CCN1C(=O)OC(C)(C)C. The maximum Gasteiger partial charge on any atom is 0.410 e. The molecule has 2 atom stereocenters. The van der Waals surface area contributed by atoms with Gasteiger partial charge in [0.1, 0.15) is 23.9 Å². The number of nitrogens with zero attached hydrogens (tertiary/aromatic N) is 5. The van der Waals surface area contributed by atoms with Crippen molar-refractivity contribution in [1.82, 2.24) is 29.3 Å². The first-order valence-electron chi connectivity index (χ1n) is 18.8. The monoisotopic (exact) mass is 882 g/mol. The van der Waals surface area contributed by atoms with Gasteiger partial charge in [0.05, 0.1) is 50.5 Å². The molecule has 0 unspecified atom stereocenters. The van der Waals surface area contributed by atoms with Crippen molar-refractivity contribution in [2.45, 2.75) is 124 Å². The lowest BCUT2D eigenvalue weighted by atomic mass is 10.0. The molecule has 2 aromatic carbocycles. The van der Waals surface area contributed by atoms with Gasteiger partial charge in [0, 0.05) is 58.1 Å². The highest BCUT2D eigenvalue weighted by Gasteiger charge is 2.38. The quantitative estimate of drug-likeness (QED) is 0.159. The lowest BCUT2D eigenvalue weighted by Crippen LogP contribution is -2.46. The Morgan fingerprint density at radius 2 is 1.34 bits per heavy atom. The number of sulfone groups is 2. The van der Waals surface area contributed by atoms with Crippen LogP contribution in [0.25, 0.3) is 22.1 Å². The van der Waals surface area contributed by atoms with Crippen molar-refractivity contribution in [2.75, 3.05) is 25.6 Å². The second kappa shape index (κ2) is 19.1. The average Bonchev–Trinajstić information content (AvgIpc) is 3.64. The number of rotatable bonds is 7. The third kappa shape index (κ3) is 11.8. The van der Waals surface area contributed by atoms with Crippen LogP contribution in [0, 0.1) is 11.8 Å². The first kappa shape index (κ1) is 49.3. The number of amides is 1. The van der Waals surface area contributed by atoms with Crippen LogP contribution in [0.4, 0.5) is 4.79 Å². The van der Waals surface area contributed by atoms with Gasteiger partial charge in [-0.15, -0.1) is 0 Å². The molecule has 4 aromatic rings. The Bertz CT molecular complexity index is 2410. The van der Waals surface area contributed by atoms with Crippen LogP contribution < -0.4 is 5.32 Å². The molecule has 0 spiro atoms. The van der Waals surface area contributed by atoms with Crippen molar-refractivity contribution in [3.05, 3.63) is 47.0 Å². The average molecular weight is 884 g/mol. The van der Waals surface area contributed by atoms with Crippen molar-refractivity contribution in [2.24, 2.45) is 11.8 Å². The summed E-state index contributed by atoms with van der Waals surface area (Å²) in [5.74, 6) is 1.60. The fraction of sp³-hybridized carbons (Fsp3) is 0.575. The Kier molecular flexibility index (Phi) is 15.9. The molecule has 59 heavy (non-hydrogen) atoms. The van der Waals surface area contributed by atoms with E-state index in [1.165, 1.54) is 13.8 Å². The number of esters is 1. The number of aliphatic hydroxyl groups excluding tert-OH is 1. The maximum absolute atomic E-state index is 12.8. The molecule has 2 aliphatic heterocycles. The van der Waals surface area contributed by atoms with E-state index >= 15 is 0 Å². The van der Waals surface area contributed by atoms with E-state index in [2.05, 4.69) is 35.3 Å². The Balaban J connectivity index is 0.000000287. The molecule has 0 aliphatic carbocycles. The van der Waals surface area contributed by atoms with Crippen molar-refractivity contribution >= 4 is 70.6 Å². The van der Waals surface area contributed by atoms with Gasteiger partial charge in [-0.05, 0) is 74.0 Å². The van der Waals surface area contributed by atoms with E-state index in [-0.39, 0.29) is 53.2 Å². The second-order valence-corrected chi connectivity index (χ2v) is 20.6. The number of hydrogen-bond acceptors (Lipinski definition) is 13. The lowest BCUT2D eigenvalue weighted by molar-refractivity contribution is -0.142. The number of carbonyl (C=O) groups excluding carboxylic acids is 3. The molecule has 2 aliphatic rings. The van der Waals surface area contributed by atoms with Gasteiger partial charge < -0.3 is 29.0 Å². The van der Waals surface area contributed by atoms with Crippen LogP contribution in [0.15, 0.2) is 34.1 Å². The molecular weight excluding hydrogens is 824 g/mol. The van der Waals surface area contributed by atoms with E-state index < -0.39 is 37.9 Å². The third-order valence-corrected chi connectivity index (χ3v) is 11.7. The smallest absolute Gasteiger partial charge is 0.410 e. The van der Waals surface area contributed by atoms with Gasteiger partial charge in [0.25, 0.3) is 0 Å². The minimum Gasteiger partial charge on any atom is -0.461 e. The fourth-order valence-corrected chi connectivity index (χ4v) is 8.94. The predicted octanol–water partition coefficient (Wildman–Crippen LogP) is 6.09. The summed E-state index contributed by atoms with van der Waals surface area (Å²) in [7, 11) is -6.96. The topological polar surface area (TPSA) is 209 Å². The van der Waals surface area contributed by atoms with Gasteiger partial charge in [0.15, 0.2) is 19.7 Å². The largest absolute Gasteiger partial charge is 0.461 e. The van der Waals surface area contributed by atoms with Crippen molar-refractivity contribution in [1.29, 1.82) is 0 Å². The van der Waals surface area contributed by atoms with E-state index in [1.807, 2.05) is 39.2 Å². The number of aromatic nitrogens is 4. The van der Waals surface area contributed by atoms with Gasteiger partial charge in [-0.25, -0.2) is 31.6 Å². The second-order valence-electron chi connectivity index (χ2n) is 16.1. The van der Waals surface area contributed by atoms with Crippen LogP contribution in [-0.4, -0.2) is 94.5 Å². The van der Waals surface area contributed by atoms with E-state index in [0.717, 1.165) is 42.5 Å². The molecule has 0 bridgehead atoms. The van der Waals surface area contributed by atoms with Crippen LogP contribution in [0.3, 0.4) is 0 Å². The highest BCUT2D eigenvalue weighted by atomic mass is 35.5. The summed E-state index contributed by atoms with van der Waals surface area (Å²) in [5.41, 5.74) is 2.99. The number of aliphatic hydroxyl groups is 1. The number of imidazole rings is 2. The molecule has 19 heteroatoms. The molecule has 2 N–H and O–H groups in total. The number of fused-ring (bicyclic) bond motifs is 6. The minimum atomic E-state index is -3.50. The first-order chi connectivity index (χ1) is 26.7. The summed E-state index contributed by atoms with van der Waals surface area (Å²) in [6, 6.07) is 6.39. The Morgan fingerprint density at radius 1 is 0.847 bits per heavy atom. The standard InChI is InChI=1S/C20H29N3O5S.C17H23N3O4S.C2H3ClO.CH4/c1-12(2)17-18-21-14-9-13(11-24)16(29(6,26)27)10-15(14)22(18)7-8-23(17)19(25)28-20(3,4)5;1-10(2)16-17-19-13-7-12(9-24-11(3)21)15(25(4,22)23)8-14(13)20(17)6-5-18-16;1-2(3)4;/h9-10,12,17,24H,7-8,11H2,1-6H3;7-8,10,16,18H,5-6,9H2,1-4H3;1H3;1H4/t17-;16-;;/m11../s1. The number of benzene rings is 2. The number of carbonyl (C=O) groups is 3. The van der Waals surface area contributed by atoms with E-state index in [1.54, 1.807) is 29.2 Å². The van der Waals surface area contributed by atoms with Gasteiger partial charge in [0.2, 0.25) is 5.24 Å². The van der Waals surface area contributed by atoms with Crippen LogP contribution >= 0.6 is 11.6 Å². The molecule has 0 saturated heterocycles. The molecule has 0 fully saturated rings. The molecule has 2 aromatic heterocycles. The molecule has 16 nitrogen and oxygen atoms in total. The number of hydrogen-bond donors (Lipinski definition) is 2. The Labute approximate surface area is 352 Å². The fourth-order valence-electron chi connectivity index (χ4n) is 7.09. The predicted molar refractivity (Wildman–Crippen MR) is 226 cm³/mol. The van der Waals surface area contributed by atoms with E-state index in [0.29, 0.717) is 47.0 Å². The zero-order valence-electron chi connectivity index (χ0n) is 34.9. The molecule has 6 rings (SSSR count). The Hall–Kier alpha value is -4.10. The highest BCUT2D eigenvalue weighted by Crippen LogP contribution is 2.37. The normalized spacial score (nSPS) is 16.6. The van der Waals surface area contributed by atoms with E-state index in [4.69, 9.17) is 19.4 Å². The summed E-state index contributed by atoms with van der Waals surface area (Å²) in [5, 5.41) is 12.7. The molecular formula is C40H59ClN6O10S2. The van der Waals surface area contributed by atoms with E-state index in [9.17, 15) is 36.3 Å². The van der Waals surface area contributed by atoms with Gasteiger partial charge in [-0.1, -0.05) is 35.1 Å². The van der Waals surface area contributed by atoms with Crippen molar-refractivity contribution in [3.8, 4) is 0 Å². The first-order valence-corrected chi connectivity index (χ1v) is 23.0. The number of nitrogens with one attached hydrogen (secondary N) is 1. The van der Waals surface area contributed by atoms with Crippen LogP contribution in [0.2, 0.25) is 0 Å². The lowest BCUT2D eigenvalue weighted by Gasteiger charge is -2.38. The molecule has 0 radical (unpaired) electrons. The summed E-state index contributed by atoms with van der Waals surface area (Å²) >= 11 is 4.64. The highest BCUT2D eigenvalue weighted by molar-refractivity contribution is 7.91. The minimum absolute atomic E-state index is 0. The molecule has 0 saturated carbocycles. The van der Waals surface area contributed by atoms with Crippen molar-refractivity contribution < 1.29 is 45.8 Å². The zero-order chi connectivity index (χ0) is 43.7. The van der Waals surface area contributed by atoms with Crippen LogP contribution in [0.5, 0.6) is 0 Å². The molecule has 328 valence electrons. The number of halogens is 1. The Morgan fingerprint density at radius 3 is 1.80 bits per heavy atom. The van der Waals surface area contributed by atoms with Gasteiger partial charge in [-0.2, -0.15) is 0 Å². The van der Waals surface area contributed by atoms with Crippen LogP contribution in [0.1, 0.15) is 105 Å². The summed E-state index contributed by atoms with van der Waals surface area (Å²) in [6.45, 7) is 18.4. The maximum atomic E-state index is 12.8.